The smallest absolute Gasteiger partial charge is 0.416 e. The quantitative estimate of drug-likeness (QED) is 0.338. The van der Waals surface area contributed by atoms with E-state index >= 15 is 0 Å². The predicted molar refractivity (Wildman–Crippen MR) is 107 cm³/mol. The molecule has 0 N–H and O–H groups in total. The second kappa shape index (κ2) is 9.02. The maximum atomic E-state index is 13.0. The number of hydrogen-bond donors (Lipinski definition) is 0. The number of nitro groups is 1. The summed E-state index contributed by atoms with van der Waals surface area (Å²) in [7, 11) is 2.95. The first kappa shape index (κ1) is 22.7. The van der Waals surface area contributed by atoms with Gasteiger partial charge in [0, 0.05) is 17.6 Å². The fourth-order valence-corrected chi connectivity index (χ4v) is 3.46. The SMILES string of the molecule is COc1c(-c2ncn(C)n2)cc(COCc2cc(Br)cc(C(F)(F)F)c2)cc1[N+](=O)[O-]. The summed E-state index contributed by atoms with van der Waals surface area (Å²) in [6.07, 6.45) is -3.05. The van der Waals surface area contributed by atoms with E-state index in [4.69, 9.17) is 9.47 Å². The van der Waals surface area contributed by atoms with Gasteiger partial charge >= 0.3 is 11.9 Å². The number of nitrogens with zero attached hydrogens (tertiary/aromatic N) is 4. The number of methoxy groups -OCH3 is 1. The van der Waals surface area contributed by atoms with E-state index in [2.05, 4.69) is 26.0 Å². The van der Waals surface area contributed by atoms with Gasteiger partial charge in [-0.1, -0.05) is 15.9 Å². The largest absolute Gasteiger partial charge is 0.490 e. The predicted octanol–water partition coefficient (Wildman–Crippen LogP) is 4.90. The molecule has 1 heterocycles. The Hall–Kier alpha value is -2.99. The molecule has 0 amide bonds. The van der Waals surface area contributed by atoms with Crippen LogP contribution in [0.15, 0.2) is 41.1 Å². The molecule has 0 fully saturated rings. The molecule has 0 saturated heterocycles. The summed E-state index contributed by atoms with van der Waals surface area (Å²) >= 11 is 3.06. The molecule has 8 nitrogen and oxygen atoms in total. The molecular formula is C19H16BrF3N4O4. The van der Waals surface area contributed by atoms with Crippen molar-refractivity contribution >= 4 is 21.6 Å². The molecule has 0 radical (unpaired) electrons. The van der Waals surface area contributed by atoms with Crippen LogP contribution < -0.4 is 4.74 Å². The molecule has 0 atom stereocenters. The number of aryl methyl sites for hydroxylation is 1. The number of aromatic nitrogens is 3. The highest BCUT2D eigenvalue weighted by molar-refractivity contribution is 9.10. The molecule has 3 rings (SSSR count). The first-order valence-electron chi connectivity index (χ1n) is 8.74. The minimum Gasteiger partial charge on any atom is -0.490 e. The van der Waals surface area contributed by atoms with Gasteiger partial charge in [-0.15, -0.1) is 0 Å². The van der Waals surface area contributed by atoms with Gasteiger partial charge in [-0.3, -0.25) is 14.8 Å². The lowest BCUT2D eigenvalue weighted by Gasteiger charge is -2.12. The lowest BCUT2D eigenvalue weighted by Crippen LogP contribution is -2.06. The standard InChI is InChI=1S/C19H16BrF3N4O4/c1-26-10-24-18(25-26)15-5-12(6-16(27(28)29)17(15)30-2)9-31-8-11-3-13(19(21,22)23)7-14(20)4-11/h3-7,10H,8-9H2,1-2H3. The van der Waals surface area contributed by atoms with E-state index in [1.165, 1.54) is 30.3 Å². The topological polar surface area (TPSA) is 92.3 Å². The van der Waals surface area contributed by atoms with Gasteiger partial charge in [0.2, 0.25) is 5.75 Å². The van der Waals surface area contributed by atoms with Crippen molar-refractivity contribution in [3.63, 3.8) is 0 Å². The number of nitro benzene ring substituents is 1. The highest BCUT2D eigenvalue weighted by Gasteiger charge is 2.31. The molecule has 0 unspecified atom stereocenters. The Kier molecular flexibility index (Phi) is 6.60. The van der Waals surface area contributed by atoms with Crippen LogP contribution in [0.25, 0.3) is 11.4 Å². The van der Waals surface area contributed by atoms with Crippen LogP contribution in [0.2, 0.25) is 0 Å². The summed E-state index contributed by atoms with van der Waals surface area (Å²) in [5.74, 6) is 0.230. The Bertz CT molecular complexity index is 1120. The lowest BCUT2D eigenvalue weighted by molar-refractivity contribution is -0.385. The Morgan fingerprint density at radius 1 is 1.16 bits per heavy atom. The molecule has 0 aliphatic carbocycles. The normalized spacial score (nSPS) is 11.5. The Labute approximate surface area is 182 Å². The third-order valence-corrected chi connectivity index (χ3v) is 4.65. The molecule has 1 aromatic heterocycles. The van der Waals surface area contributed by atoms with Gasteiger partial charge in [0.15, 0.2) is 5.82 Å². The van der Waals surface area contributed by atoms with Crippen LogP contribution in [0.5, 0.6) is 5.75 Å². The van der Waals surface area contributed by atoms with Crippen LogP contribution in [0.4, 0.5) is 18.9 Å². The van der Waals surface area contributed by atoms with E-state index in [1.807, 2.05) is 0 Å². The van der Waals surface area contributed by atoms with Gasteiger partial charge < -0.3 is 9.47 Å². The summed E-state index contributed by atoms with van der Waals surface area (Å²) in [5.41, 5.74) is -0.0769. The number of hydrogen-bond acceptors (Lipinski definition) is 6. The average molecular weight is 501 g/mol. The maximum absolute atomic E-state index is 13.0. The summed E-state index contributed by atoms with van der Waals surface area (Å²) in [4.78, 5) is 15.0. The molecule has 3 aromatic rings. The van der Waals surface area contributed by atoms with E-state index < -0.39 is 16.7 Å². The summed E-state index contributed by atoms with van der Waals surface area (Å²) in [6.45, 7) is -0.210. The fraction of sp³-hybridized carbons (Fsp3) is 0.263. The molecule has 31 heavy (non-hydrogen) atoms. The van der Waals surface area contributed by atoms with Crippen molar-refractivity contribution in [2.75, 3.05) is 7.11 Å². The molecule has 0 aliphatic heterocycles. The van der Waals surface area contributed by atoms with Gasteiger partial charge in [0.1, 0.15) is 6.33 Å². The highest BCUT2D eigenvalue weighted by Crippen LogP contribution is 2.38. The number of halogens is 4. The van der Waals surface area contributed by atoms with E-state index in [0.29, 0.717) is 16.7 Å². The summed E-state index contributed by atoms with van der Waals surface area (Å²) in [6, 6.07) is 6.35. The van der Waals surface area contributed by atoms with Crippen LogP contribution >= 0.6 is 15.9 Å². The van der Waals surface area contributed by atoms with E-state index in [9.17, 15) is 23.3 Å². The third-order valence-electron chi connectivity index (χ3n) is 4.19. The van der Waals surface area contributed by atoms with Gasteiger partial charge in [-0.2, -0.15) is 18.3 Å². The van der Waals surface area contributed by atoms with Crippen LogP contribution in [0, 0.1) is 10.1 Å². The summed E-state index contributed by atoms with van der Waals surface area (Å²) < 4.78 is 51.4. The highest BCUT2D eigenvalue weighted by atomic mass is 79.9. The van der Waals surface area contributed by atoms with Gasteiger partial charge in [-0.05, 0) is 35.4 Å². The molecule has 12 heteroatoms. The van der Waals surface area contributed by atoms with E-state index in [0.717, 1.165) is 12.1 Å². The summed E-state index contributed by atoms with van der Waals surface area (Å²) in [5, 5.41) is 15.7. The molecule has 0 spiro atoms. The van der Waals surface area contributed by atoms with Crippen LogP contribution in [0.3, 0.4) is 0 Å². The van der Waals surface area contributed by atoms with Crippen molar-refractivity contribution in [3.8, 4) is 17.1 Å². The van der Waals surface area contributed by atoms with Crippen LogP contribution in [0.1, 0.15) is 16.7 Å². The minimum absolute atomic E-state index is 0.00163. The van der Waals surface area contributed by atoms with Crippen molar-refractivity contribution in [2.24, 2.45) is 7.05 Å². The second-order valence-corrected chi connectivity index (χ2v) is 7.45. The molecular weight excluding hydrogens is 485 g/mol. The number of benzene rings is 2. The Morgan fingerprint density at radius 2 is 1.84 bits per heavy atom. The van der Waals surface area contributed by atoms with Crippen LogP contribution in [-0.2, 0) is 31.2 Å². The molecule has 2 aromatic carbocycles. The number of alkyl halides is 3. The number of ether oxygens (including phenoxy) is 2. The minimum atomic E-state index is -4.49. The third kappa shape index (κ3) is 5.39. The molecule has 0 bridgehead atoms. The van der Waals surface area contributed by atoms with Crippen molar-refractivity contribution in [1.82, 2.24) is 14.8 Å². The first-order chi connectivity index (χ1) is 14.6. The zero-order valence-electron chi connectivity index (χ0n) is 16.3. The first-order valence-corrected chi connectivity index (χ1v) is 9.53. The van der Waals surface area contributed by atoms with Gasteiger partial charge in [0.25, 0.3) is 0 Å². The fourth-order valence-electron chi connectivity index (χ4n) is 2.92. The Balaban J connectivity index is 1.86. The molecule has 0 aliphatic rings. The molecule has 0 saturated carbocycles. The lowest BCUT2D eigenvalue weighted by atomic mass is 10.1. The van der Waals surface area contributed by atoms with Crippen molar-refractivity contribution < 1.29 is 27.6 Å². The van der Waals surface area contributed by atoms with E-state index in [1.54, 1.807) is 13.1 Å². The van der Waals surface area contributed by atoms with Crippen LogP contribution in [-0.4, -0.2) is 26.8 Å². The van der Waals surface area contributed by atoms with E-state index in [-0.39, 0.29) is 34.9 Å². The Morgan fingerprint density at radius 3 is 2.39 bits per heavy atom. The van der Waals surface area contributed by atoms with Crippen molar-refractivity contribution in [1.29, 1.82) is 0 Å². The average Bonchev–Trinajstić information content (AvgIpc) is 3.12. The maximum Gasteiger partial charge on any atom is 0.416 e. The monoisotopic (exact) mass is 500 g/mol. The second-order valence-electron chi connectivity index (χ2n) is 6.53. The zero-order valence-corrected chi connectivity index (χ0v) is 17.9. The van der Waals surface area contributed by atoms with Crippen molar-refractivity contribution in [2.45, 2.75) is 19.4 Å². The van der Waals surface area contributed by atoms with Crippen molar-refractivity contribution in [3.05, 3.63) is 67.9 Å². The number of rotatable bonds is 7. The van der Waals surface area contributed by atoms with Gasteiger partial charge in [-0.25, -0.2) is 4.98 Å². The zero-order chi connectivity index (χ0) is 22.8. The van der Waals surface area contributed by atoms with Gasteiger partial charge in [0.05, 0.1) is 36.4 Å². The molecule has 164 valence electrons.